The molecule has 2 atom stereocenters. The van der Waals surface area contributed by atoms with Gasteiger partial charge in [0.1, 0.15) is 0 Å². The second-order valence-electron chi connectivity index (χ2n) is 10.3. The molecule has 5 aliphatic carbocycles. The van der Waals surface area contributed by atoms with Crippen LogP contribution in [0.4, 0.5) is 17.6 Å². The molecule has 11 heteroatoms. The lowest BCUT2D eigenvalue weighted by Crippen LogP contribution is -2.62. The second kappa shape index (κ2) is 7.03. The summed E-state index contributed by atoms with van der Waals surface area (Å²) in [6, 6.07) is 0. The van der Waals surface area contributed by atoms with Gasteiger partial charge in [0.2, 0.25) is 0 Å². The van der Waals surface area contributed by atoms with E-state index in [9.17, 15) is 40.4 Å². The van der Waals surface area contributed by atoms with Gasteiger partial charge in [0.25, 0.3) is 0 Å². The van der Waals surface area contributed by atoms with Crippen LogP contribution in [0.3, 0.4) is 0 Å². The van der Waals surface area contributed by atoms with Crippen LogP contribution in [0.1, 0.15) is 70.6 Å². The maximum Gasteiger partial charge on any atom is 0.396 e. The van der Waals surface area contributed by atoms with Gasteiger partial charge in [0.15, 0.2) is 10.1 Å². The number of halogens is 4. The first-order chi connectivity index (χ1) is 14.2. The Labute approximate surface area is 178 Å². The summed E-state index contributed by atoms with van der Waals surface area (Å²) in [5.41, 5.74) is -2.21. The van der Waals surface area contributed by atoms with Crippen LogP contribution in [0, 0.1) is 22.7 Å². The molecule has 5 saturated carbocycles. The van der Waals surface area contributed by atoms with Gasteiger partial charge in [0.05, 0.1) is 24.0 Å². The molecule has 0 aromatic rings. The molecule has 0 aromatic heterocycles. The number of carbonyl (C=O) groups excluding carboxylic acids is 1. The molecule has 0 amide bonds. The van der Waals surface area contributed by atoms with Gasteiger partial charge < -0.3 is 14.4 Å². The maximum atomic E-state index is 13.7. The van der Waals surface area contributed by atoms with Crippen molar-refractivity contribution in [1.82, 2.24) is 0 Å². The number of hydrogen-bond donors (Lipinski definition) is 1. The van der Waals surface area contributed by atoms with Crippen molar-refractivity contribution in [3.8, 4) is 0 Å². The van der Waals surface area contributed by atoms with Crippen LogP contribution >= 0.6 is 0 Å². The van der Waals surface area contributed by atoms with Gasteiger partial charge in [0, 0.05) is 5.41 Å². The SMILES string of the molecule is O=C(OCCC(F)(F)C(F)(F)S(=O)(=O)[O-])C12CC3CC(C1)CC(C1(O)CCCC1)(C3)C2. The van der Waals surface area contributed by atoms with Crippen LogP contribution in [0.5, 0.6) is 0 Å². The number of ether oxygens (including phenoxy) is 1. The van der Waals surface area contributed by atoms with Crippen LogP contribution in [0.25, 0.3) is 0 Å². The highest BCUT2D eigenvalue weighted by Crippen LogP contribution is 2.70. The molecule has 5 aliphatic rings. The molecule has 0 aromatic carbocycles. The largest absolute Gasteiger partial charge is 0.743 e. The van der Waals surface area contributed by atoms with Crippen LogP contribution in [0.2, 0.25) is 0 Å². The van der Waals surface area contributed by atoms with Gasteiger partial charge in [-0.05, 0) is 63.2 Å². The number of rotatable bonds is 7. The van der Waals surface area contributed by atoms with E-state index < -0.39 is 56.7 Å². The first kappa shape index (κ1) is 23.2. The van der Waals surface area contributed by atoms with Crippen LogP contribution in [-0.4, -0.2) is 47.4 Å². The van der Waals surface area contributed by atoms with Gasteiger partial charge in [-0.3, -0.25) is 4.79 Å². The lowest BCUT2D eigenvalue weighted by molar-refractivity contribution is -0.218. The summed E-state index contributed by atoms with van der Waals surface area (Å²) in [4.78, 5) is 13.0. The normalized spacial score (nSPS) is 37.2. The Morgan fingerprint density at radius 2 is 1.61 bits per heavy atom. The molecule has 4 bridgehead atoms. The fourth-order valence-corrected chi connectivity index (χ4v) is 7.76. The Morgan fingerprint density at radius 1 is 1.06 bits per heavy atom. The van der Waals surface area contributed by atoms with E-state index >= 15 is 0 Å². The van der Waals surface area contributed by atoms with E-state index in [2.05, 4.69) is 0 Å². The minimum Gasteiger partial charge on any atom is -0.743 e. The zero-order valence-corrected chi connectivity index (χ0v) is 17.9. The summed E-state index contributed by atoms with van der Waals surface area (Å²) >= 11 is 0. The fraction of sp³-hybridized carbons (Fsp3) is 0.950. The molecule has 1 N–H and O–H groups in total. The average Bonchev–Trinajstić information content (AvgIpc) is 3.08. The number of carbonyl (C=O) groups is 1. The molecule has 178 valence electrons. The van der Waals surface area contributed by atoms with Crippen LogP contribution < -0.4 is 0 Å². The maximum absolute atomic E-state index is 13.7. The molecular formula is C20H27F4O6S-. The highest BCUT2D eigenvalue weighted by Gasteiger charge is 2.67. The van der Waals surface area contributed by atoms with Gasteiger partial charge in [-0.15, -0.1) is 0 Å². The monoisotopic (exact) mass is 471 g/mol. The minimum atomic E-state index is -6.57. The van der Waals surface area contributed by atoms with E-state index in [-0.39, 0.29) is 11.8 Å². The summed E-state index contributed by atoms with van der Waals surface area (Å²) in [5.74, 6) is -5.48. The zero-order chi connectivity index (χ0) is 22.9. The molecular weight excluding hydrogens is 444 g/mol. The predicted molar refractivity (Wildman–Crippen MR) is 98.1 cm³/mol. The predicted octanol–water partition coefficient (Wildman–Crippen LogP) is 3.58. The lowest BCUT2D eigenvalue weighted by Gasteiger charge is -2.64. The summed E-state index contributed by atoms with van der Waals surface area (Å²) in [7, 11) is -6.57. The van der Waals surface area contributed by atoms with E-state index in [1.165, 1.54) is 0 Å². The van der Waals surface area contributed by atoms with Crippen molar-refractivity contribution >= 4 is 16.1 Å². The number of hydrogen-bond acceptors (Lipinski definition) is 6. The van der Waals surface area contributed by atoms with Crippen molar-refractivity contribution in [3.63, 3.8) is 0 Å². The van der Waals surface area contributed by atoms with Crippen molar-refractivity contribution < 1.29 is 45.2 Å². The summed E-state index contributed by atoms with van der Waals surface area (Å²) < 4.78 is 90.4. The Morgan fingerprint density at radius 3 is 2.13 bits per heavy atom. The molecule has 5 fully saturated rings. The molecule has 0 spiro atoms. The van der Waals surface area contributed by atoms with Gasteiger partial charge >= 0.3 is 17.1 Å². The second-order valence-corrected chi connectivity index (χ2v) is 11.7. The number of alkyl halides is 4. The number of aliphatic hydroxyl groups is 1. The molecule has 6 nitrogen and oxygen atoms in total. The van der Waals surface area contributed by atoms with E-state index in [4.69, 9.17) is 4.74 Å². The average molecular weight is 471 g/mol. The number of esters is 1. The minimum absolute atomic E-state index is 0.217. The van der Waals surface area contributed by atoms with E-state index in [0.717, 1.165) is 32.1 Å². The smallest absolute Gasteiger partial charge is 0.396 e. The first-order valence-corrected chi connectivity index (χ1v) is 12.2. The summed E-state index contributed by atoms with van der Waals surface area (Å²) in [5, 5.41) is 5.59. The molecule has 0 heterocycles. The van der Waals surface area contributed by atoms with Crippen LogP contribution in [-0.2, 0) is 19.6 Å². The van der Waals surface area contributed by atoms with E-state index in [1.807, 2.05) is 0 Å². The van der Waals surface area contributed by atoms with Crippen molar-refractivity contribution in [3.05, 3.63) is 0 Å². The Balaban J connectivity index is 1.47. The lowest BCUT2D eigenvalue weighted by atomic mass is 9.40. The molecule has 5 rings (SSSR count). The highest BCUT2D eigenvalue weighted by molar-refractivity contribution is 7.86. The third kappa shape index (κ3) is 3.49. The highest BCUT2D eigenvalue weighted by atomic mass is 32.2. The Kier molecular flexibility index (Phi) is 5.27. The molecule has 31 heavy (non-hydrogen) atoms. The molecule has 0 saturated heterocycles. The molecule has 2 unspecified atom stereocenters. The van der Waals surface area contributed by atoms with Gasteiger partial charge in [-0.2, -0.15) is 17.6 Å². The quantitative estimate of drug-likeness (QED) is 0.346. The van der Waals surface area contributed by atoms with E-state index in [0.29, 0.717) is 32.1 Å². The van der Waals surface area contributed by atoms with Gasteiger partial charge in [-0.25, -0.2) is 8.42 Å². The summed E-state index contributed by atoms with van der Waals surface area (Å²) in [6.45, 7) is -1.12. The van der Waals surface area contributed by atoms with Crippen LogP contribution in [0.15, 0.2) is 0 Å². The molecule has 0 radical (unpaired) electrons. The fourth-order valence-electron chi connectivity index (χ4n) is 7.29. The van der Waals surface area contributed by atoms with E-state index in [1.54, 1.807) is 0 Å². The third-order valence-corrected chi connectivity index (χ3v) is 9.23. The van der Waals surface area contributed by atoms with Crippen molar-refractivity contribution in [2.75, 3.05) is 6.61 Å². The summed E-state index contributed by atoms with van der Waals surface area (Å²) in [6.07, 6.45) is 5.40. The standard InChI is InChI=1S/C20H28F4O6S/c21-19(22,20(23,24)31(27,28)29)5-6-30-15(25)16-8-13-7-14(9-16)11-17(10-13,12-16)18(26)3-1-2-4-18/h13-14,26H,1-12H2,(H,27,28,29)/p-1. The Hall–Kier alpha value is -0.940. The zero-order valence-electron chi connectivity index (χ0n) is 17.0. The van der Waals surface area contributed by atoms with Crippen molar-refractivity contribution in [2.45, 2.75) is 87.4 Å². The first-order valence-electron chi connectivity index (χ1n) is 10.8. The van der Waals surface area contributed by atoms with Crippen molar-refractivity contribution in [1.29, 1.82) is 0 Å². The third-order valence-electron chi connectivity index (χ3n) is 8.30. The topological polar surface area (TPSA) is 104 Å². The van der Waals surface area contributed by atoms with Gasteiger partial charge in [-0.1, -0.05) is 12.8 Å². The Bertz CT molecular complexity index is 838. The van der Waals surface area contributed by atoms with Crippen molar-refractivity contribution in [2.24, 2.45) is 22.7 Å². The molecule has 0 aliphatic heterocycles.